The fourth-order valence-electron chi connectivity index (χ4n) is 3.31. The van der Waals surface area contributed by atoms with Crippen LogP contribution in [0, 0.1) is 0 Å². The number of amides is 1. The van der Waals surface area contributed by atoms with Crippen molar-refractivity contribution in [3.8, 4) is 5.75 Å². The fraction of sp³-hybridized carbons (Fsp3) is 0.556. The Bertz CT molecular complexity index is 603. The molecule has 1 saturated heterocycles. The van der Waals surface area contributed by atoms with Crippen molar-refractivity contribution in [2.45, 2.75) is 50.2 Å². The molecule has 0 unspecified atom stereocenters. The van der Waals surface area contributed by atoms with Gasteiger partial charge in [-0.2, -0.15) is 0 Å². The quantitative estimate of drug-likeness (QED) is 0.864. The van der Waals surface area contributed by atoms with Gasteiger partial charge in [0.15, 0.2) is 0 Å². The maximum atomic E-state index is 12.5. The first-order valence-electron chi connectivity index (χ1n) is 8.49. The molecule has 2 fully saturated rings. The van der Waals surface area contributed by atoms with E-state index in [0.717, 1.165) is 12.8 Å². The number of rotatable bonds is 5. The normalized spacial score (nSPS) is 20.5. The van der Waals surface area contributed by atoms with Gasteiger partial charge in [0.2, 0.25) is 0 Å². The zero-order chi connectivity index (χ0) is 17.0. The minimum atomic E-state index is -1.25. The Balaban J connectivity index is 1.70. The minimum Gasteiger partial charge on any atom is -0.490 e. The van der Waals surface area contributed by atoms with Crippen LogP contribution in [0.2, 0.25) is 0 Å². The van der Waals surface area contributed by atoms with Crippen molar-refractivity contribution in [3.05, 3.63) is 29.8 Å². The monoisotopic (exact) mass is 333 g/mol. The van der Waals surface area contributed by atoms with Gasteiger partial charge in [0.25, 0.3) is 5.91 Å². The third kappa shape index (κ3) is 3.70. The molecule has 0 bridgehead atoms. The molecule has 0 radical (unpaired) electrons. The van der Waals surface area contributed by atoms with Gasteiger partial charge in [0, 0.05) is 31.6 Å². The molecule has 1 aliphatic carbocycles. The molecule has 0 spiro atoms. The van der Waals surface area contributed by atoms with Crippen LogP contribution in [0.15, 0.2) is 24.3 Å². The van der Waals surface area contributed by atoms with Gasteiger partial charge in [0.05, 0.1) is 6.10 Å². The van der Waals surface area contributed by atoms with Gasteiger partial charge < -0.3 is 19.9 Å². The lowest BCUT2D eigenvalue weighted by Gasteiger charge is -2.33. The third-order valence-electron chi connectivity index (χ3n) is 4.81. The summed E-state index contributed by atoms with van der Waals surface area (Å²) in [5, 5.41) is 12.2. The van der Waals surface area contributed by atoms with Crippen molar-refractivity contribution in [2.24, 2.45) is 0 Å². The Morgan fingerprint density at radius 3 is 2.58 bits per heavy atom. The Morgan fingerprint density at radius 2 is 1.92 bits per heavy atom. The lowest BCUT2D eigenvalue weighted by molar-refractivity contribution is -0.148. The summed E-state index contributed by atoms with van der Waals surface area (Å²) in [6.45, 7) is 0.662. The molecule has 1 saturated carbocycles. The topological polar surface area (TPSA) is 84.9 Å². The molecule has 1 aromatic carbocycles. The number of nitrogens with one attached hydrogen (secondary N) is 1. The SMILES string of the molecule is O=C(NC1(C(=O)O)CCOCC1)c1cccc(OC2CCCC2)c1. The van der Waals surface area contributed by atoms with E-state index in [2.05, 4.69) is 5.32 Å². The van der Waals surface area contributed by atoms with Crippen LogP contribution in [0.25, 0.3) is 0 Å². The van der Waals surface area contributed by atoms with Crippen LogP contribution in [-0.4, -0.2) is 41.8 Å². The summed E-state index contributed by atoms with van der Waals surface area (Å²) in [5.74, 6) is -0.750. The summed E-state index contributed by atoms with van der Waals surface area (Å²) < 4.78 is 11.1. The highest BCUT2D eigenvalue weighted by Crippen LogP contribution is 2.25. The van der Waals surface area contributed by atoms with Gasteiger partial charge >= 0.3 is 5.97 Å². The van der Waals surface area contributed by atoms with Gasteiger partial charge in [0.1, 0.15) is 11.3 Å². The molecule has 130 valence electrons. The molecule has 1 amide bonds. The number of carbonyl (C=O) groups is 2. The zero-order valence-electron chi connectivity index (χ0n) is 13.6. The van der Waals surface area contributed by atoms with Crippen molar-refractivity contribution >= 4 is 11.9 Å². The first kappa shape index (κ1) is 16.8. The van der Waals surface area contributed by atoms with Gasteiger partial charge in [-0.25, -0.2) is 4.79 Å². The van der Waals surface area contributed by atoms with Gasteiger partial charge in [-0.15, -0.1) is 0 Å². The number of carboxylic acid groups (broad SMARTS) is 1. The maximum absolute atomic E-state index is 12.5. The zero-order valence-corrected chi connectivity index (χ0v) is 13.6. The summed E-state index contributed by atoms with van der Waals surface area (Å²) in [6, 6.07) is 6.95. The standard InChI is InChI=1S/C18H23NO5/c20-16(19-18(17(21)22)8-10-23-11-9-18)13-4-3-7-15(12-13)24-14-5-1-2-6-14/h3-4,7,12,14H,1-2,5-6,8-11H2,(H,19,20)(H,21,22). The molecule has 24 heavy (non-hydrogen) atoms. The summed E-state index contributed by atoms with van der Waals surface area (Å²) >= 11 is 0. The van der Waals surface area contributed by atoms with Gasteiger partial charge in [-0.05, 0) is 43.9 Å². The van der Waals surface area contributed by atoms with E-state index >= 15 is 0 Å². The van der Waals surface area contributed by atoms with E-state index in [0.29, 0.717) is 24.5 Å². The van der Waals surface area contributed by atoms with E-state index in [1.165, 1.54) is 12.8 Å². The number of hydrogen-bond acceptors (Lipinski definition) is 4. The predicted molar refractivity (Wildman–Crippen MR) is 87.2 cm³/mol. The number of carboxylic acids is 1. The van der Waals surface area contributed by atoms with Gasteiger partial charge in [-0.3, -0.25) is 4.79 Å². The number of ether oxygens (including phenoxy) is 2. The summed E-state index contributed by atoms with van der Waals surface area (Å²) in [5.41, 5.74) is -0.838. The molecule has 6 heteroatoms. The number of carbonyl (C=O) groups excluding carboxylic acids is 1. The molecule has 3 rings (SSSR count). The predicted octanol–water partition coefficient (Wildman–Crippen LogP) is 2.37. The Morgan fingerprint density at radius 1 is 1.21 bits per heavy atom. The molecule has 1 aliphatic heterocycles. The lowest BCUT2D eigenvalue weighted by atomic mass is 9.89. The lowest BCUT2D eigenvalue weighted by Crippen LogP contribution is -2.57. The Labute approximate surface area is 141 Å². The first-order chi connectivity index (χ1) is 11.6. The van der Waals surface area contributed by atoms with Crippen LogP contribution in [0.4, 0.5) is 0 Å². The average Bonchev–Trinajstić information content (AvgIpc) is 3.09. The third-order valence-corrected chi connectivity index (χ3v) is 4.81. The van der Waals surface area contributed by atoms with Crippen LogP contribution >= 0.6 is 0 Å². The molecule has 1 aromatic rings. The second-order valence-electron chi connectivity index (χ2n) is 6.51. The average molecular weight is 333 g/mol. The number of aliphatic carboxylic acids is 1. The number of hydrogen-bond donors (Lipinski definition) is 2. The van der Waals surface area contributed by atoms with Crippen LogP contribution in [0.3, 0.4) is 0 Å². The molecule has 0 atom stereocenters. The van der Waals surface area contributed by atoms with Crippen molar-refractivity contribution in [3.63, 3.8) is 0 Å². The highest BCUT2D eigenvalue weighted by Gasteiger charge is 2.41. The first-order valence-corrected chi connectivity index (χ1v) is 8.49. The van der Waals surface area contributed by atoms with Crippen LogP contribution in [0.1, 0.15) is 48.9 Å². The van der Waals surface area contributed by atoms with Crippen molar-refractivity contribution in [1.82, 2.24) is 5.32 Å². The van der Waals surface area contributed by atoms with E-state index in [-0.39, 0.29) is 18.9 Å². The summed E-state index contributed by atoms with van der Waals surface area (Å²) in [6.07, 6.45) is 5.18. The minimum absolute atomic E-state index is 0.212. The number of benzene rings is 1. The second kappa shape index (κ2) is 7.21. The fourth-order valence-corrected chi connectivity index (χ4v) is 3.31. The summed E-state index contributed by atoms with van der Waals surface area (Å²) in [7, 11) is 0. The molecule has 2 N–H and O–H groups in total. The highest BCUT2D eigenvalue weighted by atomic mass is 16.5. The van der Waals surface area contributed by atoms with Crippen LogP contribution < -0.4 is 10.1 Å². The van der Waals surface area contributed by atoms with Crippen LogP contribution in [-0.2, 0) is 9.53 Å². The van der Waals surface area contributed by atoms with E-state index in [9.17, 15) is 14.7 Å². The van der Waals surface area contributed by atoms with Crippen molar-refractivity contribution in [1.29, 1.82) is 0 Å². The molecule has 1 heterocycles. The van der Waals surface area contributed by atoms with Crippen LogP contribution in [0.5, 0.6) is 5.75 Å². The maximum Gasteiger partial charge on any atom is 0.329 e. The second-order valence-corrected chi connectivity index (χ2v) is 6.51. The van der Waals surface area contributed by atoms with Crippen molar-refractivity contribution < 1.29 is 24.2 Å². The summed E-state index contributed by atoms with van der Waals surface area (Å²) in [4.78, 5) is 24.2. The largest absolute Gasteiger partial charge is 0.490 e. The van der Waals surface area contributed by atoms with E-state index in [4.69, 9.17) is 9.47 Å². The molecular weight excluding hydrogens is 310 g/mol. The molecule has 6 nitrogen and oxygen atoms in total. The molecular formula is C18H23NO5. The molecule has 0 aromatic heterocycles. The van der Waals surface area contributed by atoms with Gasteiger partial charge in [-0.1, -0.05) is 6.07 Å². The Hall–Kier alpha value is -2.08. The van der Waals surface area contributed by atoms with Crippen molar-refractivity contribution in [2.75, 3.05) is 13.2 Å². The smallest absolute Gasteiger partial charge is 0.329 e. The van der Waals surface area contributed by atoms with E-state index in [1.807, 2.05) is 6.07 Å². The van der Waals surface area contributed by atoms with E-state index in [1.54, 1.807) is 18.2 Å². The highest BCUT2D eigenvalue weighted by molar-refractivity contribution is 5.98. The molecule has 2 aliphatic rings. The Kier molecular flexibility index (Phi) is 5.04. The van der Waals surface area contributed by atoms with E-state index < -0.39 is 17.4 Å².